The van der Waals surface area contributed by atoms with Crippen LogP contribution in [0, 0.1) is 0 Å². The van der Waals surface area contributed by atoms with E-state index in [0.717, 1.165) is 12.8 Å². The Morgan fingerprint density at radius 1 is 1.31 bits per heavy atom. The molecule has 3 heterocycles. The predicted octanol–water partition coefficient (Wildman–Crippen LogP) is 3.31. The van der Waals surface area contributed by atoms with E-state index in [2.05, 4.69) is 28.5 Å². The summed E-state index contributed by atoms with van der Waals surface area (Å²) in [6.07, 6.45) is 10.9. The van der Waals surface area contributed by atoms with Crippen LogP contribution in [0.4, 0.5) is 5.82 Å². The van der Waals surface area contributed by atoms with Crippen molar-refractivity contribution in [1.29, 1.82) is 0 Å². The van der Waals surface area contributed by atoms with Gasteiger partial charge < -0.3 is 25.4 Å². The van der Waals surface area contributed by atoms with Crippen LogP contribution in [0.25, 0.3) is 16.8 Å². The first-order chi connectivity index (χ1) is 18.9. The Bertz CT molecular complexity index is 1470. The molecule has 202 valence electrons. The number of amidine groups is 1. The maximum Gasteiger partial charge on any atom is 0.260 e. The monoisotopic (exact) mass is 529 g/mol. The van der Waals surface area contributed by atoms with Crippen molar-refractivity contribution in [2.24, 2.45) is 4.99 Å². The fourth-order valence-corrected chi connectivity index (χ4v) is 4.61. The normalized spacial score (nSPS) is 15.6. The summed E-state index contributed by atoms with van der Waals surface area (Å²) in [5.74, 6) is 1.04. The SMILES string of the molecule is C=CN=C(C=C)NC(=O)c1ccc(-c2nc([C@@H]3CCCN3C(=O)/C=C/COC)n3ccnc(N)c23)cc1OC. The zero-order valence-electron chi connectivity index (χ0n) is 22.0. The number of amides is 2. The van der Waals surface area contributed by atoms with E-state index in [1.807, 2.05) is 4.40 Å². The number of aromatic nitrogens is 3. The number of benzene rings is 1. The lowest BCUT2D eigenvalue weighted by molar-refractivity contribution is -0.127. The molecule has 1 aliphatic rings. The number of fused-ring (bicyclic) bond motifs is 1. The summed E-state index contributed by atoms with van der Waals surface area (Å²) >= 11 is 0. The second-order valence-electron chi connectivity index (χ2n) is 8.67. The van der Waals surface area contributed by atoms with Crippen molar-refractivity contribution in [2.75, 3.05) is 33.1 Å². The summed E-state index contributed by atoms with van der Waals surface area (Å²) in [5.41, 5.74) is 8.46. The number of hydrogen-bond acceptors (Lipinski definition) is 8. The first-order valence-corrected chi connectivity index (χ1v) is 12.3. The van der Waals surface area contributed by atoms with Crippen LogP contribution in [0.5, 0.6) is 5.75 Å². The number of likely N-dealkylation sites (tertiary alicyclic amines) is 1. The molecule has 2 aromatic heterocycles. The quantitative estimate of drug-likeness (QED) is 0.247. The van der Waals surface area contributed by atoms with Crippen molar-refractivity contribution >= 4 is 29.0 Å². The van der Waals surface area contributed by atoms with Crippen LogP contribution in [-0.4, -0.2) is 64.3 Å². The summed E-state index contributed by atoms with van der Waals surface area (Å²) in [6, 6.07) is 4.87. The highest BCUT2D eigenvalue weighted by molar-refractivity contribution is 6.11. The molecular weight excluding hydrogens is 498 g/mol. The van der Waals surface area contributed by atoms with Crippen molar-refractivity contribution in [3.8, 4) is 17.0 Å². The molecule has 1 aromatic carbocycles. The number of hydrogen-bond donors (Lipinski definition) is 2. The van der Waals surface area contributed by atoms with E-state index in [9.17, 15) is 9.59 Å². The summed E-state index contributed by atoms with van der Waals surface area (Å²) in [6.45, 7) is 8.15. The Morgan fingerprint density at radius 3 is 2.85 bits per heavy atom. The minimum absolute atomic E-state index is 0.106. The van der Waals surface area contributed by atoms with Crippen LogP contribution in [0.3, 0.4) is 0 Å². The first kappa shape index (κ1) is 27.3. The van der Waals surface area contributed by atoms with Gasteiger partial charge in [0, 0.05) is 43.9 Å². The van der Waals surface area contributed by atoms with Gasteiger partial charge in [-0.2, -0.15) is 0 Å². The molecule has 39 heavy (non-hydrogen) atoms. The Morgan fingerprint density at radius 2 is 2.13 bits per heavy atom. The molecular formula is C28H31N7O4. The van der Waals surface area contributed by atoms with E-state index in [4.69, 9.17) is 20.2 Å². The number of methoxy groups -OCH3 is 2. The zero-order chi connectivity index (χ0) is 27.9. The lowest BCUT2D eigenvalue weighted by Crippen LogP contribution is -2.30. The molecule has 1 fully saturated rings. The molecule has 4 rings (SSSR count). The summed E-state index contributed by atoms with van der Waals surface area (Å²) in [4.78, 5) is 40.9. The van der Waals surface area contributed by atoms with Crippen molar-refractivity contribution in [3.05, 3.63) is 79.6 Å². The smallest absolute Gasteiger partial charge is 0.260 e. The molecule has 0 unspecified atom stereocenters. The van der Waals surface area contributed by atoms with Crippen LogP contribution < -0.4 is 15.8 Å². The summed E-state index contributed by atoms with van der Waals surface area (Å²) in [7, 11) is 3.06. The molecule has 0 spiro atoms. The molecule has 11 heteroatoms. The van der Waals surface area contributed by atoms with E-state index in [0.29, 0.717) is 52.9 Å². The van der Waals surface area contributed by atoms with Gasteiger partial charge in [-0.1, -0.05) is 25.3 Å². The fourth-order valence-electron chi connectivity index (χ4n) is 4.61. The highest BCUT2D eigenvalue weighted by Crippen LogP contribution is 2.37. The van der Waals surface area contributed by atoms with E-state index in [1.165, 1.54) is 25.5 Å². The third-order valence-corrected chi connectivity index (χ3v) is 6.35. The second-order valence-corrected chi connectivity index (χ2v) is 8.67. The van der Waals surface area contributed by atoms with E-state index < -0.39 is 5.91 Å². The third kappa shape index (κ3) is 5.58. The molecule has 11 nitrogen and oxygen atoms in total. The average molecular weight is 530 g/mol. The fraction of sp³-hybridized carbons (Fsp3) is 0.250. The number of aliphatic imine (C=N–C) groups is 1. The van der Waals surface area contributed by atoms with Gasteiger partial charge in [0.1, 0.15) is 34.4 Å². The molecule has 0 aliphatic carbocycles. The van der Waals surface area contributed by atoms with Gasteiger partial charge in [-0.3, -0.25) is 14.0 Å². The third-order valence-electron chi connectivity index (χ3n) is 6.35. The second kappa shape index (κ2) is 12.2. The minimum Gasteiger partial charge on any atom is -0.496 e. The number of ether oxygens (including phenoxy) is 2. The number of anilines is 1. The highest BCUT2D eigenvalue weighted by Gasteiger charge is 2.33. The average Bonchev–Trinajstić information content (AvgIpc) is 3.58. The van der Waals surface area contributed by atoms with Gasteiger partial charge in [-0.25, -0.2) is 15.0 Å². The van der Waals surface area contributed by atoms with Crippen LogP contribution in [0.1, 0.15) is 35.1 Å². The maximum atomic E-state index is 12.9. The largest absolute Gasteiger partial charge is 0.496 e. The molecule has 0 bridgehead atoms. The van der Waals surface area contributed by atoms with Crippen molar-refractivity contribution in [1.82, 2.24) is 24.6 Å². The molecule has 2 amide bonds. The van der Waals surface area contributed by atoms with E-state index in [-0.39, 0.29) is 17.8 Å². The number of carbonyl (C=O) groups is 2. The molecule has 1 aliphatic heterocycles. The van der Waals surface area contributed by atoms with Crippen molar-refractivity contribution in [3.63, 3.8) is 0 Å². The number of imidazole rings is 1. The lowest BCUT2D eigenvalue weighted by atomic mass is 10.1. The van der Waals surface area contributed by atoms with Crippen LogP contribution in [0.2, 0.25) is 0 Å². The van der Waals surface area contributed by atoms with Gasteiger partial charge in [-0.15, -0.1) is 0 Å². The zero-order valence-corrected chi connectivity index (χ0v) is 22.0. The van der Waals surface area contributed by atoms with Crippen LogP contribution >= 0.6 is 0 Å². The Labute approximate surface area is 226 Å². The number of nitrogens with two attached hydrogens (primary N) is 1. The first-order valence-electron chi connectivity index (χ1n) is 12.3. The van der Waals surface area contributed by atoms with Gasteiger partial charge >= 0.3 is 0 Å². The van der Waals surface area contributed by atoms with Crippen molar-refractivity contribution < 1.29 is 19.1 Å². The van der Waals surface area contributed by atoms with Crippen molar-refractivity contribution in [2.45, 2.75) is 18.9 Å². The highest BCUT2D eigenvalue weighted by atomic mass is 16.5. The van der Waals surface area contributed by atoms with Gasteiger partial charge in [0.2, 0.25) is 5.91 Å². The van der Waals surface area contributed by atoms with E-state index in [1.54, 1.807) is 48.7 Å². The van der Waals surface area contributed by atoms with Gasteiger partial charge in [-0.05, 0) is 31.1 Å². The Kier molecular flexibility index (Phi) is 8.52. The molecule has 1 saturated heterocycles. The van der Waals surface area contributed by atoms with Gasteiger partial charge in [0.25, 0.3) is 5.91 Å². The van der Waals surface area contributed by atoms with Crippen LogP contribution in [-0.2, 0) is 9.53 Å². The molecule has 0 saturated carbocycles. The Hall–Kier alpha value is -4.77. The van der Waals surface area contributed by atoms with Crippen LogP contribution in [0.15, 0.2) is 73.2 Å². The molecule has 0 radical (unpaired) electrons. The number of nitrogens with zero attached hydrogens (tertiary/aromatic N) is 5. The number of carbonyl (C=O) groups excluding carboxylic acids is 2. The standard InChI is InChI=1S/C28H31N7O4/c1-5-22(30-6-2)32-28(37)19-12-11-18(17-21(19)39-4)24-25-26(29)31-13-15-35(25)27(33-24)20-9-7-14-34(20)23(36)10-8-16-38-3/h5-6,8,10-13,15,17,20H,1-2,7,9,14,16H2,3-4H3,(H2,29,31)(H,30,32,37)/b10-8+/t20-/m0/s1. The van der Waals surface area contributed by atoms with Gasteiger partial charge in [0.15, 0.2) is 0 Å². The summed E-state index contributed by atoms with van der Waals surface area (Å²) in [5, 5.41) is 2.67. The number of rotatable bonds is 9. The number of nitrogens with one attached hydrogen (secondary N) is 1. The minimum atomic E-state index is -0.419. The van der Waals surface area contributed by atoms with Gasteiger partial charge in [0.05, 0.1) is 25.3 Å². The lowest BCUT2D eigenvalue weighted by Gasteiger charge is -2.22. The maximum absolute atomic E-state index is 12.9. The molecule has 3 N–H and O–H groups in total. The molecule has 3 aromatic rings. The van der Waals surface area contributed by atoms with E-state index >= 15 is 0 Å². The molecule has 1 atom stereocenters. The predicted molar refractivity (Wildman–Crippen MR) is 149 cm³/mol. The summed E-state index contributed by atoms with van der Waals surface area (Å²) < 4.78 is 12.4. The topological polar surface area (TPSA) is 136 Å². The number of nitrogen functional groups attached to an aromatic ring is 1. The Balaban J connectivity index is 1.76.